The Bertz CT molecular complexity index is 172. The van der Waals surface area contributed by atoms with E-state index < -0.39 is 0 Å². The van der Waals surface area contributed by atoms with Crippen molar-refractivity contribution in [3.05, 3.63) is 0 Å². The lowest BCUT2D eigenvalue weighted by atomic mass is 10.1. The molecule has 0 fully saturated rings. The molecule has 0 rings (SSSR count). The van der Waals surface area contributed by atoms with Gasteiger partial charge in [0.05, 0.1) is 6.61 Å². The second-order valence-corrected chi connectivity index (χ2v) is 4.76. The van der Waals surface area contributed by atoms with E-state index in [4.69, 9.17) is 17.0 Å². The van der Waals surface area contributed by atoms with Crippen LogP contribution in [0.2, 0.25) is 0 Å². The summed E-state index contributed by atoms with van der Waals surface area (Å²) in [6.45, 7) is 10.8. The fourth-order valence-electron chi connectivity index (χ4n) is 0.971. The molecule has 0 saturated heterocycles. The molecule has 0 saturated carbocycles. The van der Waals surface area contributed by atoms with Crippen LogP contribution in [-0.4, -0.2) is 30.9 Å². The monoisotopic (exact) mass is 232 g/mol. The molecule has 0 aromatic carbocycles. The maximum absolute atomic E-state index is 5.45. The highest BCUT2D eigenvalue weighted by Crippen LogP contribution is 1.98. The fourth-order valence-corrected chi connectivity index (χ4v) is 1.31. The molecular formula is C11H24N2OS. The average Bonchev–Trinajstić information content (AvgIpc) is 2.09. The van der Waals surface area contributed by atoms with Crippen LogP contribution in [-0.2, 0) is 4.74 Å². The Morgan fingerprint density at radius 1 is 1.20 bits per heavy atom. The minimum atomic E-state index is 0.381. The van der Waals surface area contributed by atoms with Crippen molar-refractivity contribution < 1.29 is 4.74 Å². The van der Waals surface area contributed by atoms with E-state index in [9.17, 15) is 0 Å². The van der Waals surface area contributed by atoms with Gasteiger partial charge in [0.2, 0.25) is 0 Å². The molecule has 0 aliphatic heterocycles. The highest BCUT2D eigenvalue weighted by molar-refractivity contribution is 7.80. The lowest BCUT2D eigenvalue weighted by Crippen LogP contribution is -2.40. The first-order valence-electron chi connectivity index (χ1n) is 5.64. The maximum atomic E-state index is 5.45. The first kappa shape index (κ1) is 14.6. The van der Waals surface area contributed by atoms with Crippen LogP contribution in [0.4, 0.5) is 0 Å². The number of hydrogen-bond donors (Lipinski definition) is 2. The second kappa shape index (κ2) is 8.92. The van der Waals surface area contributed by atoms with Gasteiger partial charge in [0.25, 0.3) is 0 Å². The molecule has 3 nitrogen and oxygen atoms in total. The van der Waals surface area contributed by atoms with Crippen LogP contribution in [0.25, 0.3) is 0 Å². The minimum Gasteiger partial charge on any atom is -0.380 e. The second-order valence-electron chi connectivity index (χ2n) is 4.35. The van der Waals surface area contributed by atoms with E-state index in [1.807, 2.05) is 0 Å². The molecule has 0 radical (unpaired) electrons. The molecule has 0 heterocycles. The van der Waals surface area contributed by atoms with Gasteiger partial charge in [0, 0.05) is 19.2 Å². The van der Waals surface area contributed by atoms with E-state index in [1.54, 1.807) is 0 Å². The summed E-state index contributed by atoms with van der Waals surface area (Å²) in [5.41, 5.74) is 0. The Kier molecular flexibility index (Phi) is 8.71. The normalized spacial score (nSPS) is 10.8. The van der Waals surface area contributed by atoms with Crippen LogP contribution >= 0.6 is 12.2 Å². The summed E-state index contributed by atoms with van der Waals surface area (Å²) in [5, 5.41) is 6.92. The van der Waals surface area contributed by atoms with Gasteiger partial charge in [-0.2, -0.15) is 0 Å². The van der Waals surface area contributed by atoms with Crippen molar-refractivity contribution >= 4 is 17.3 Å². The highest BCUT2D eigenvalue weighted by Gasteiger charge is 1.97. The average molecular weight is 232 g/mol. The predicted octanol–water partition coefficient (Wildman–Crippen LogP) is 1.92. The van der Waals surface area contributed by atoms with Gasteiger partial charge >= 0.3 is 0 Å². The van der Waals surface area contributed by atoms with Gasteiger partial charge in [-0.1, -0.05) is 13.8 Å². The van der Waals surface area contributed by atoms with E-state index in [0.29, 0.717) is 23.7 Å². The number of ether oxygens (including phenoxy) is 1. The van der Waals surface area contributed by atoms with E-state index in [2.05, 4.69) is 38.3 Å². The summed E-state index contributed by atoms with van der Waals surface area (Å²) in [4.78, 5) is 0. The molecule has 0 amide bonds. The van der Waals surface area contributed by atoms with Crippen molar-refractivity contribution in [3.8, 4) is 0 Å². The van der Waals surface area contributed by atoms with Gasteiger partial charge in [0.1, 0.15) is 0 Å². The van der Waals surface area contributed by atoms with Crippen molar-refractivity contribution in [1.82, 2.24) is 10.6 Å². The van der Waals surface area contributed by atoms with Gasteiger partial charge in [-0.3, -0.25) is 0 Å². The first-order valence-corrected chi connectivity index (χ1v) is 6.05. The summed E-state index contributed by atoms with van der Waals surface area (Å²) < 4.78 is 5.45. The van der Waals surface area contributed by atoms with Gasteiger partial charge < -0.3 is 15.4 Å². The van der Waals surface area contributed by atoms with Crippen molar-refractivity contribution in [3.63, 3.8) is 0 Å². The van der Waals surface area contributed by atoms with Crippen molar-refractivity contribution in [2.75, 3.05) is 19.8 Å². The maximum Gasteiger partial charge on any atom is 0.166 e. The SMILES string of the molecule is CC(C)CCOCCNC(=S)NC(C)C. The summed E-state index contributed by atoms with van der Waals surface area (Å²) >= 11 is 5.07. The zero-order valence-corrected chi connectivity index (χ0v) is 11.1. The third-order valence-corrected chi connectivity index (χ3v) is 2.05. The lowest BCUT2D eigenvalue weighted by Gasteiger charge is -2.13. The molecule has 0 spiro atoms. The quantitative estimate of drug-likeness (QED) is 0.519. The molecule has 0 aliphatic carbocycles. The molecule has 4 heteroatoms. The van der Waals surface area contributed by atoms with Crippen LogP contribution in [0, 0.1) is 5.92 Å². The van der Waals surface area contributed by atoms with Gasteiger partial charge in [-0.05, 0) is 38.4 Å². The largest absolute Gasteiger partial charge is 0.380 e. The Morgan fingerprint density at radius 2 is 1.87 bits per heavy atom. The van der Waals surface area contributed by atoms with E-state index >= 15 is 0 Å². The number of thiocarbonyl (C=S) groups is 1. The van der Waals surface area contributed by atoms with E-state index in [-0.39, 0.29) is 0 Å². The molecule has 90 valence electrons. The predicted molar refractivity (Wildman–Crippen MR) is 69.1 cm³/mol. The van der Waals surface area contributed by atoms with Crippen LogP contribution in [0.15, 0.2) is 0 Å². The molecular weight excluding hydrogens is 208 g/mol. The third-order valence-electron chi connectivity index (χ3n) is 1.79. The molecule has 0 aromatic rings. The van der Waals surface area contributed by atoms with Crippen LogP contribution in [0.1, 0.15) is 34.1 Å². The van der Waals surface area contributed by atoms with Crippen molar-refractivity contribution in [2.45, 2.75) is 40.2 Å². The highest BCUT2D eigenvalue weighted by atomic mass is 32.1. The summed E-state index contributed by atoms with van der Waals surface area (Å²) in [6, 6.07) is 0.381. The Balaban J connectivity index is 3.20. The van der Waals surface area contributed by atoms with E-state index in [0.717, 1.165) is 19.6 Å². The van der Waals surface area contributed by atoms with Gasteiger partial charge in [-0.25, -0.2) is 0 Å². The molecule has 0 atom stereocenters. The third kappa shape index (κ3) is 11.6. The van der Waals surface area contributed by atoms with Crippen LogP contribution in [0.5, 0.6) is 0 Å². The molecule has 0 unspecified atom stereocenters. The smallest absolute Gasteiger partial charge is 0.166 e. The zero-order valence-electron chi connectivity index (χ0n) is 10.3. The zero-order chi connectivity index (χ0) is 11.7. The Morgan fingerprint density at radius 3 is 2.40 bits per heavy atom. The summed E-state index contributed by atoms with van der Waals surface area (Å²) in [5.74, 6) is 0.710. The standard InChI is InChI=1S/C11H24N2OS/c1-9(2)5-7-14-8-6-12-11(15)13-10(3)4/h9-10H,5-8H2,1-4H3,(H2,12,13,15). The summed E-state index contributed by atoms with van der Waals surface area (Å²) in [7, 11) is 0. The molecule has 0 aliphatic rings. The Hall–Kier alpha value is -0.350. The van der Waals surface area contributed by atoms with Gasteiger partial charge in [-0.15, -0.1) is 0 Å². The van der Waals surface area contributed by atoms with E-state index in [1.165, 1.54) is 0 Å². The summed E-state index contributed by atoms with van der Waals surface area (Å²) in [6.07, 6.45) is 1.12. The number of hydrogen-bond acceptors (Lipinski definition) is 2. The van der Waals surface area contributed by atoms with Crippen LogP contribution in [0.3, 0.4) is 0 Å². The fraction of sp³-hybridized carbons (Fsp3) is 0.909. The Labute approximate surface area is 99.0 Å². The van der Waals surface area contributed by atoms with Gasteiger partial charge in [0.15, 0.2) is 5.11 Å². The number of nitrogens with one attached hydrogen (secondary N) is 2. The van der Waals surface area contributed by atoms with Crippen molar-refractivity contribution in [1.29, 1.82) is 0 Å². The number of rotatable bonds is 7. The molecule has 15 heavy (non-hydrogen) atoms. The van der Waals surface area contributed by atoms with Crippen LogP contribution < -0.4 is 10.6 Å². The molecule has 0 bridgehead atoms. The molecule has 0 aromatic heterocycles. The van der Waals surface area contributed by atoms with Crippen molar-refractivity contribution in [2.24, 2.45) is 5.92 Å². The minimum absolute atomic E-state index is 0.381. The molecule has 2 N–H and O–H groups in total. The lowest BCUT2D eigenvalue weighted by molar-refractivity contribution is 0.128. The topological polar surface area (TPSA) is 33.3 Å². The first-order chi connectivity index (χ1) is 7.02.